The van der Waals surface area contributed by atoms with Crippen molar-refractivity contribution >= 4 is 29.1 Å². The molecule has 1 saturated carbocycles. The summed E-state index contributed by atoms with van der Waals surface area (Å²) in [5.74, 6) is 1.04. The highest BCUT2D eigenvalue weighted by molar-refractivity contribution is 6.32. The number of amides is 1. The van der Waals surface area contributed by atoms with Crippen molar-refractivity contribution in [1.82, 2.24) is 20.0 Å². The Labute approximate surface area is 216 Å². The lowest BCUT2D eigenvalue weighted by atomic mass is 9.95. The van der Waals surface area contributed by atoms with Crippen LogP contribution in [0.3, 0.4) is 0 Å². The van der Waals surface area contributed by atoms with E-state index >= 15 is 0 Å². The van der Waals surface area contributed by atoms with Crippen LogP contribution in [0.4, 0.5) is 0 Å². The van der Waals surface area contributed by atoms with Crippen molar-refractivity contribution < 1.29 is 9.53 Å². The van der Waals surface area contributed by atoms with Crippen LogP contribution in [0.5, 0.6) is 11.6 Å². The second kappa shape index (κ2) is 11.0. The fraction of sp³-hybridized carbons (Fsp3) is 0.407. The number of para-hydroxylation sites is 1. The summed E-state index contributed by atoms with van der Waals surface area (Å²) in [6.45, 7) is 1.99. The van der Waals surface area contributed by atoms with Gasteiger partial charge in [-0.25, -0.2) is 0 Å². The Morgan fingerprint density at radius 1 is 0.971 bits per heavy atom. The van der Waals surface area contributed by atoms with Crippen LogP contribution < -0.4 is 10.1 Å². The summed E-state index contributed by atoms with van der Waals surface area (Å²) in [5.41, 5.74) is 1.83. The van der Waals surface area contributed by atoms with E-state index < -0.39 is 0 Å². The molecule has 184 valence electrons. The molecule has 0 spiro atoms. The molecule has 1 aliphatic carbocycles. The van der Waals surface area contributed by atoms with Crippen LogP contribution >= 0.6 is 23.2 Å². The molecule has 0 radical (unpaired) electrons. The molecule has 3 aromatic rings. The van der Waals surface area contributed by atoms with Gasteiger partial charge in [-0.15, -0.1) is 0 Å². The van der Waals surface area contributed by atoms with Crippen LogP contribution in [-0.4, -0.2) is 39.7 Å². The molecule has 35 heavy (non-hydrogen) atoms. The maximum atomic E-state index is 13.6. The number of carbonyl (C=O) groups is 1. The quantitative estimate of drug-likeness (QED) is 0.385. The van der Waals surface area contributed by atoms with Gasteiger partial charge in [0.1, 0.15) is 5.75 Å². The van der Waals surface area contributed by atoms with Gasteiger partial charge in [-0.1, -0.05) is 54.6 Å². The minimum atomic E-state index is -0.0605. The third kappa shape index (κ3) is 5.50. The molecule has 2 heterocycles. The highest BCUT2D eigenvalue weighted by atomic mass is 35.5. The summed E-state index contributed by atoms with van der Waals surface area (Å²) in [5, 5.41) is 9.65. The molecule has 1 aromatic heterocycles. The van der Waals surface area contributed by atoms with Gasteiger partial charge in [0.25, 0.3) is 5.91 Å². The minimum absolute atomic E-state index is 0.0605. The van der Waals surface area contributed by atoms with Crippen LogP contribution in [0.1, 0.15) is 61.0 Å². The van der Waals surface area contributed by atoms with Crippen molar-refractivity contribution in [2.75, 3.05) is 13.1 Å². The monoisotopic (exact) mass is 512 g/mol. The fourth-order valence-electron chi connectivity index (χ4n) is 4.90. The van der Waals surface area contributed by atoms with E-state index in [2.05, 4.69) is 5.32 Å². The second-order valence-electron chi connectivity index (χ2n) is 9.27. The lowest BCUT2D eigenvalue weighted by Gasteiger charge is -2.23. The Hall–Kier alpha value is -2.54. The second-order valence-corrected chi connectivity index (χ2v) is 10.1. The van der Waals surface area contributed by atoms with Gasteiger partial charge in [0.15, 0.2) is 5.69 Å². The van der Waals surface area contributed by atoms with Gasteiger partial charge in [-0.2, -0.15) is 9.78 Å². The molecule has 1 N–H and O–H groups in total. The van der Waals surface area contributed by atoms with Crippen molar-refractivity contribution in [3.8, 4) is 17.3 Å². The van der Waals surface area contributed by atoms with Gasteiger partial charge in [-0.05, 0) is 62.1 Å². The Bertz CT molecular complexity index is 1170. The molecule has 1 saturated heterocycles. The fourth-order valence-corrected chi connectivity index (χ4v) is 5.24. The maximum absolute atomic E-state index is 13.6. The normalized spacial score (nSPS) is 16.6. The van der Waals surface area contributed by atoms with E-state index in [9.17, 15) is 4.79 Å². The number of likely N-dealkylation sites (tertiary alicyclic amines) is 1. The Morgan fingerprint density at radius 3 is 2.40 bits per heavy atom. The van der Waals surface area contributed by atoms with E-state index in [-0.39, 0.29) is 5.91 Å². The molecular formula is C27H30Cl2N4O2. The van der Waals surface area contributed by atoms with Crippen LogP contribution in [-0.2, 0) is 6.54 Å². The third-order valence-corrected chi connectivity index (χ3v) is 7.39. The number of carbonyl (C=O) groups excluding carboxylic acids is 1. The van der Waals surface area contributed by atoms with Gasteiger partial charge < -0.3 is 15.0 Å². The first-order chi connectivity index (χ1) is 17.1. The van der Waals surface area contributed by atoms with Crippen molar-refractivity contribution in [3.05, 3.63) is 69.8 Å². The number of nitrogens with one attached hydrogen (secondary N) is 1. The molecule has 0 unspecified atom stereocenters. The number of rotatable bonds is 7. The number of hydrogen-bond acceptors (Lipinski definition) is 4. The van der Waals surface area contributed by atoms with Crippen LogP contribution in [0.25, 0.3) is 5.69 Å². The molecule has 1 amide bonds. The highest BCUT2D eigenvalue weighted by Crippen LogP contribution is 2.35. The molecular weight excluding hydrogens is 483 g/mol. The first-order valence-corrected chi connectivity index (χ1v) is 13.2. The third-order valence-electron chi connectivity index (χ3n) is 6.81. The zero-order valence-corrected chi connectivity index (χ0v) is 21.2. The highest BCUT2D eigenvalue weighted by Gasteiger charge is 2.31. The molecule has 6 nitrogen and oxygen atoms in total. The SMILES string of the molecule is O=C(c1nn(-c2ccccc2Cl)c(Oc2ccc(Cl)cc2)c1CNC1CCCCC1)N1CCCC1. The Kier molecular flexibility index (Phi) is 7.61. The minimum Gasteiger partial charge on any atom is -0.439 e. The van der Waals surface area contributed by atoms with Gasteiger partial charge in [0.05, 0.1) is 16.3 Å². The first kappa shape index (κ1) is 24.2. The summed E-state index contributed by atoms with van der Waals surface area (Å²) in [7, 11) is 0. The van der Waals surface area contributed by atoms with E-state index in [4.69, 9.17) is 33.0 Å². The zero-order valence-electron chi connectivity index (χ0n) is 19.7. The lowest BCUT2D eigenvalue weighted by Crippen LogP contribution is -2.32. The summed E-state index contributed by atoms with van der Waals surface area (Å²) in [4.78, 5) is 15.5. The van der Waals surface area contributed by atoms with Gasteiger partial charge >= 0.3 is 0 Å². The number of ether oxygens (including phenoxy) is 1. The van der Waals surface area contributed by atoms with Gasteiger partial charge in [-0.3, -0.25) is 4.79 Å². The molecule has 2 aliphatic rings. The average molecular weight is 513 g/mol. The smallest absolute Gasteiger partial charge is 0.274 e. The molecule has 1 aliphatic heterocycles. The molecule has 0 bridgehead atoms. The van der Waals surface area contributed by atoms with Crippen molar-refractivity contribution in [1.29, 1.82) is 0 Å². The first-order valence-electron chi connectivity index (χ1n) is 12.4. The topological polar surface area (TPSA) is 59.4 Å². The van der Waals surface area contributed by atoms with E-state index in [1.165, 1.54) is 19.3 Å². The van der Waals surface area contributed by atoms with Crippen LogP contribution in [0.2, 0.25) is 10.0 Å². The number of benzene rings is 2. The van der Waals surface area contributed by atoms with E-state index in [0.717, 1.165) is 44.3 Å². The maximum Gasteiger partial charge on any atom is 0.274 e. The van der Waals surface area contributed by atoms with Crippen molar-refractivity contribution in [3.63, 3.8) is 0 Å². The number of aromatic nitrogens is 2. The Morgan fingerprint density at radius 2 is 1.69 bits per heavy atom. The van der Waals surface area contributed by atoms with E-state index in [0.29, 0.717) is 45.6 Å². The lowest BCUT2D eigenvalue weighted by molar-refractivity contribution is 0.0785. The summed E-state index contributed by atoms with van der Waals surface area (Å²) >= 11 is 12.7. The summed E-state index contributed by atoms with van der Waals surface area (Å²) in [6, 6.07) is 15.1. The van der Waals surface area contributed by atoms with Crippen molar-refractivity contribution in [2.24, 2.45) is 0 Å². The predicted octanol–water partition coefficient (Wildman–Crippen LogP) is 6.63. The Balaban J connectivity index is 1.59. The molecule has 0 atom stereocenters. The van der Waals surface area contributed by atoms with Crippen LogP contribution in [0, 0.1) is 0 Å². The van der Waals surface area contributed by atoms with Gasteiger partial charge in [0, 0.05) is 30.7 Å². The molecule has 2 fully saturated rings. The summed E-state index contributed by atoms with van der Waals surface area (Å²) < 4.78 is 8.08. The average Bonchev–Trinajstić information content (AvgIpc) is 3.54. The largest absolute Gasteiger partial charge is 0.439 e. The molecule has 5 rings (SSSR count). The predicted molar refractivity (Wildman–Crippen MR) is 139 cm³/mol. The van der Waals surface area contributed by atoms with E-state index in [1.807, 2.05) is 41.3 Å². The number of nitrogens with zero attached hydrogens (tertiary/aromatic N) is 3. The number of hydrogen-bond donors (Lipinski definition) is 1. The molecule has 8 heteroatoms. The van der Waals surface area contributed by atoms with Crippen LogP contribution in [0.15, 0.2) is 48.5 Å². The zero-order chi connectivity index (χ0) is 24.2. The molecule has 2 aromatic carbocycles. The van der Waals surface area contributed by atoms with E-state index in [1.54, 1.807) is 16.8 Å². The summed E-state index contributed by atoms with van der Waals surface area (Å²) in [6.07, 6.45) is 8.05. The number of halogens is 2. The van der Waals surface area contributed by atoms with Crippen molar-refractivity contribution in [2.45, 2.75) is 57.5 Å². The standard InChI is InChI=1S/C27H30Cl2N4O2/c28-19-12-14-21(15-13-19)35-27-22(18-30-20-8-2-1-3-9-20)25(26(34)32-16-6-7-17-32)31-33(27)24-11-5-4-10-23(24)29/h4-5,10-15,20,30H,1-3,6-9,16-18H2. The van der Waals surface area contributed by atoms with Gasteiger partial charge in [0.2, 0.25) is 5.88 Å².